The summed E-state index contributed by atoms with van der Waals surface area (Å²) >= 11 is 0. The molecule has 1 aliphatic heterocycles. The van der Waals surface area contributed by atoms with Crippen LogP contribution in [0, 0.1) is 15.5 Å². The lowest BCUT2D eigenvalue weighted by molar-refractivity contribution is -0.548. The average Bonchev–Trinajstić information content (AvgIpc) is 2.90. The smallest absolute Gasteiger partial charge is 0.473 e. The first-order valence-electron chi connectivity index (χ1n) is 6.39. The van der Waals surface area contributed by atoms with Crippen molar-refractivity contribution >= 4 is 24.2 Å². The van der Waals surface area contributed by atoms with Crippen LogP contribution in [0.15, 0.2) is 9.98 Å². The van der Waals surface area contributed by atoms with Crippen LogP contribution in [0.4, 0.5) is 0 Å². The van der Waals surface area contributed by atoms with Crippen LogP contribution in [0.25, 0.3) is 0 Å². The molecule has 0 aromatic rings. The summed E-state index contributed by atoms with van der Waals surface area (Å²) in [7, 11) is 0. The van der Waals surface area contributed by atoms with Crippen LogP contribution < -0.4 is 0 Å². The molecule has 0 fully saturated rings. The molecule has 1 atom stereocenters. The fourth-order valence-corrected chi connectivity index (χ4v) is 2.21. The number of hydrogen-bond donors (Lipinski definition) is 1. The Morgan fingerprint density at radius 2 is 1.90 bits per heavy atom. The van der Waals surface area contributed by atoms with E-state index >= 15 is 0 Å². The number of aliphatic imine (C=N–C) groups is 2. The van der Waals surface area contributed by atoms with Gasteiger partial charge in [0, 0.05) is 12.4 Å². The zero-order valence-electron chi connectivity index (χ0n) is 11.4. The SMILES string of the molecule is CCCCC(CC)(C(=O)O)C(=O)C1([N+](=O)[O-])N=CC=N1. The lowest BCUT2D eigenvalue weighted by Crippen LogP contribution is -2.53. The summed E-state index contributed by atoms with van der Waals surface area (Å²) in [6, 6.07) is 0. The van der Waals surface area contributed by atoms with E-state index in [4.69, 9.17) is 0 Å². The Labute approximate surface area is 115 Å². The van der Waals surface area contributed by atoms with Crippen molar-refractivity contribution in [3.63, 3.8) is 0 Å². The van der Waals surface area contributed by atoms with Crippen molar-refractivity contribution in [2.75, 3.05) is 0 Å². The number of unbranched alkanes of at least 4 members (excludes halogenated alkanes) is 1. The van der Waals surface area contributed by atoms with E-state index in [-0.39, 0.29) is 12.8 Å². The van der Waals surface area contributed by atoms with Gasteiger partial charge in [0.15, 0.2) is 0 Å². The molecule has 0 aromatic heterocycles. The lowest BCUT2D eigenvalue weighted by atomic mass is 9.74. The molecule has 0 aliphatic carbocycles. The number of carbonyl (C=O) groups is 2. The molecule has 0 amide bonds. The number of carboxylic acid groups (broad SMARTS) is 1. The van der Waals surface area contributed by atoms with E-state index in [0.717, 1.165) is 12.4 Å². The first-order valence-corrected chi connectivity index (χ1v) is 6.39. The summed E-state index contributed by atoms with van der Waals surface area (Å²) in [5.41, 5.74) is -1.83. The van der Waals surface area contributed by atoms with Gasteiger partial charge in [0.05, 0.1) is 4.92 Å². The zero-order valence-corrected chi connectivity index (χ0v) is 11.4. The molecule has 1 rings (SSSR count). The number of Topliss-reactive ketones (excluding diaryl/α,β-unsaturated/α-hetero) is 1. The van der Waals surface area contributed by atoms with Gasteiger partial charge in [-0.25, -0.2) is 0 Å². The Bertz CT molecular complexity index is 473. The third-order valence-corrected chi connectivity index (χ3v) is 3.54. The number of nitrogens with zero attached hydrogens (tertiary/aromatic N) is 3. The van der Waals surface area contributed by atoms with Crippen LogP contribution in [-0.2, 0) is 9.59 Å². The molecule has 0 radical (unpaired) electrons. The van der Waals surface area contributed by atoms with E-state index in [0.29, 0.717) is 12.8 Å². The average molecular weight is 283 g/mol. The fourth-order valence-electron chi connectivity index (χ4n) is 2.21. The first-order chi connectivity index (χ1) is 9.37. The van der Waals surface area contributed by atoms with E-state index < -0.39 is 27.9 Å². The molecule has 0 spiro atoms. The van der Waals surface area contributed by atoms with Crippen molar-refractivity contribution in [1.82, 2.24) is 0 Å². The highest BCUT2D eigenvalue weighted by Gasteiger charge is 2.62. The Kier molecular flexibility index (Phi) is 4.69. The minimum atomic E-state index is -2.54. The first kappa shape index (κ1) is 15.9. The van der Waals surface area contributed by atoms with Gasteiger partial charge in [0.1, 0.15) is 5.41 Å². The molecule has 110 valence electrons. The van der Waals surface area contributed by atoms with Crippen molar-refractivity contribution in [2.24, 2.45) is 15.4 Å². The number of hydrogen-bond acceptors (Lipinski definition) is 6. The van der Waals surface area contributed by atoms with Crippen LogP contribution in [0.5, 0.6) is 0 Å². The van der Waals surface area contributed by atoms with E-state index in [1.807, 2.05) is 6.92 Å². The molecular formula is C12H17N3O5. The van der Waals surface area contributed by atoms with Crippen molar-refractivity contribution in [1.29, 1.82) is 0 Å². The van der Waals surface area contributed by atoms with Crippen LogP contribution in [0.2, 0.25) is 0 Å². The summed E-state index contributed by atoms with van der Waals surface area (Å²) < 4.78 is 0. The third kappa shape index (κ3) is 2.33. The Morgan fingerprint density at radius 3 is 2.25 bits per heavy atom. The minimum absolute atomic E-state index is 0.0365. The highest BCUT2D eigenvalue weighted by molar-refractivity contribution is 6.20. The van der Waals surface area contributed by atoms with E-state index in [1.54, 1.807) is 0 Å². The zero-order chi connectivity index (χ0) is 15.4. The van der Waals surface area contributed by atoms with Gasteiger partial charge >= 0.3 is 11.8 Å². The predicted molar refractivity (Wildman–Crippen MR) is 71.6 cm³/mol. The molecule has 0 saturated carbocycles. The second kappa shape index (κ2) is 5.89. The third-order valence-electron chi connectivity index (χ3n) is 3.54. The number of rotatable bonds is 8. The molecule has 0 aromatic carbocycles. The highest BCUT2D eigenvalue weighted by Crippen LogP contribution is 2.37. The molecule has 1 N–H and O–H groups in total. The van der Waals surface area contributed by atoms with E-state index in [2.05, 4.69) is 9.98 Å². The lowest BCUT2D eigenvalue weighted by Gasteiger charge is -2.28. The van der Waals surface area contributed by atoms with Crippen LogP contribution in [0.1, 0.15) is 39.5 Å². The maximum Gasteiger partial charge on any atom is 0.473 e. The maximum atomic E-state index is 12.6. The molecule has 1 aliphatic rings. The van der Waals surface area contributed by atoms with Gasteiger partial charge in [-0.05, 0) is 12.8 Å². The Hall–Kier alpha value is -2.12. The largest absolute Gasteiger partial charge is 0.480 e. The number of nitro groups is 1. The van der Waals surface area contributed by atoms with Crippen molar-refractivity contribution in [3.05, 3.63) is 10.1 Å². The molecular weight excluding hydrogens is 266 g/mol. The van der Waals surface area contributed by atoms with Gasteiger partial charge < -0.3 is 5.11 Å². The van der Waals surface area contributed by atoms with Gasteiger partial charge in [0.2, 0.25) is 0 Å². The summed E-state index contributed by atoms with van der Waals surface area (Å²) in [6.07, 6.45) is 3.25. The van der Waals surface area contributed by atoms with Gasteiger partial charge in [-0.15, -0.1) is 0 Å². The number of carbonyl (C=O) groups excluding carboxylic acids is 1. The van der Waals surface area contributed by atoms with E-state index in [9.17, 15) is 24.8 Å². The summed E-state index contributed by atoms with van der Waals surface area (Å²) in [5.74, 6) is -4.98. The molecule has 8 nitrogen and oxygen atoms in total. The standard InChI is InChI=1S/C12H17N3O5/c1-3-5-6-11(4-2,10(17)18)9(16)12(15(19)20)13-7-8-14-12/h7-8H,3-6H2,1-2H3,(H,17,18). The minimum Gasteiger partial charge on any atom is -0.480 e. The molecule has 8 heteroatoms. The second-order valence-electron chi connectivity index (χ2n) is 4.62. The highest BCUT2D eigenvalue weighted by atomic mass is 16.6. The van der Waals surface area contributed by atoms with E-state index in [1.165, 1.54) is 6.92 Å². The van der Waals surface area contributed by atoms with Crippen LogP contribution >= 0.6 is 0 Å². The van der Waals surface area contributed by atoms with Gasteiger partial charge in [-0.2, -0.15) is 9.98 Å². The summed E-state index contributed by atoms with van der Waals surface area (Å²) in [4.78, 5) is 41.4. The fraction of sp³-hybridized carbons (Fsp3) is 0.667. The van der Waals surface area contributed by atoms with Crippen LogP contribution in [-0.4, -0.2) is 40.0 Å². The predicted octanol–water partition coefficient (Wildman–Crippen LogP) is 1.31. The summed E-state index contributed by atoms with van der Waals surface area (Å²) in [6.45, 7) is 3.37. The number of aliphatic carboxylic acids is 1. The van der Waals surface area contributed by atoms with Crippen molar-refractivity contribution in [3.8, 4) is 0 Å². The van der Waals surface area contributed by atoms with Crippen LogP contribution in [0.3, 0.4) is 0 Å². The summed E-state index contributed by atoms with van der Waals surface area (Å²) in [5, 5.41) is 20.6. The van der Waals surface area contributed by atoms with Gasteiger partial charge in [0.25, 0.3) is 5.78 Å². The second-order valence-corrected chi connectivity index (χ2v) is 4.62. The monoisotopic (exact) mass is 283 g/mol. The molecule has 20 heavy (non-hydrogen) atoms. The Balaban J connectivity index is 3.29. The van der Waals surface area contributed by atoms with Gasteiger partial charge in [-0.3, -0.25) is 19.7 Å². The molecule has 0 saturated heterocycles. The number of carboxylic acids is 1. The molecule has 1 heterocycles. The Morgan fingerprint density at radius 1 is 1.35 bits per heavy atom. The topological polar surface area (TPSA) is 122 Å². The maximum absolute atomic E-state index is 12.6. The molecule has 0 bridgehead atoms. The van der Waals surface area contributed by atoms with Gasteiger partial charge in [-0.1, -0.05) is 26.7 Å². The number of ketones is 1. The molecule has 1 unspecified atom stereocenters. The normalized spacial score (nSPS) is 18.7. The van der Waals surface area contributed by atoms with Crippen molar-refractivity contribution < 1.29 is 19.6 Å². The quantitative estimate of drug-likeness (QED) is 0.409. The van der Waals surface area contributed by atoms with Crippen molar-refractivity contribution in [2.45, 2.75) is 45.3 Å².